The minimum atomic E-state index is -0.566. The Morgan fingerprint density at radius 1 is 1.24 bits per heavy atom. The first-order valence-electron chi connectivity index (χ1n) is 13.8. The molecule has 1 N–H and O–H groups in total. The molecule has 5 aliphatic rings. The summed E-state index contributed by atoms with van der Waals surface area (Å²) in [5, 5.41) is 10.1. The molecule has 4 unspecified atom stereocenters. The first-order valence-corrected chi connectivity index (χ1v) is 13.8. The zero-order valence-electron chi connectivity index (χ0n) is 22.0. The van der Waals surface area contributed by atoms with Gasteiger partial charge in [-0.3, -0.25) is 4.79 Å². The predicted molar refractivity (Wildman–Crippen MR) is 131 cm³/mol. The monoisotopic (exact) mass is 474 g/mol. The minimum absolute atomic E-state index is 0.0304. The molecule has 5 rings (SSSR count). The van der Waals surface area contributed by atoms with Gasteiger partial charge in [0.25, 0.3) is 0 Å². The molecule has 2 saturated heterocycles. The predicted octanol–water partition coefficient (Wildman–Crippen LogP) is 5.73. The smallest absolute Gasteiger partial charge is 0.302 e. The third-order valence-corrected chi connectivity index (χ3v) is 10.4. The summed E-state index contributed by atoms with van der Waals surface area (Å²) in [6.45, 7) is 14.7. The molecular formula is C29H46O5. The lowest BCUT2D eigenvalue weighted by Gasteiger charge is -2.46. The Hall–Kier alpha value is -0.910. The van der Waals surface area contributed by atoms with Gasteiger partial charge in [0, 0.05) is 13.3 Å². The minimum Gasteiger partial charge on any atom is -0.462 e. The molecule has 9 atom stereocenters. The molecule has 2 spiro atoms. The van der Waals surface area contributed by atoms with Crippen molar-refractivity contribution in [3.8, 4) is 0 Å². The van der Waals surface area contributed by atoms with Gasteiger partial charge in [-0.15, -0.1) is 0 Å². The van der Waals surface area contributed by atoms with Crippen molar-refractivity contribution in [3.05, 3.63) is 12.2 Å². The molecule has 3 aliphatic carbocycles. The number of ether oxygens (including phenoxy) is 3. The van der Waals surface area contributed by atoms with E-state index in [1.807, 2.05) is 13.8 Å². The second kappa shape index (κ2) is 8.31. The SMILES string of the molecule is C=C1CC[C@H](OC(C)=O)CC12OC2C1OC12CCC[C@]1(C)[C@@H]([C@H](C)CCCC(C)(C)O)CC[C@@H]21. The van der Waals surface area contributed by atoms with E-state index in [1.165, 1.54) is 39.0 Å². The van der Waals surface area contributed by atoms with E-state index < -0.39 is 5.60 Å². The standard InChI is InChI=1S/C29H46O5/c1-18(9-7-14-26(4,5)31)22-12-13-23-27(22,6)15-8-16-28(23)24(33-28)25-29(34-25)17-21(32-20(3)30)11-10-19(29)2/h18,21-25,31H,2,7-17H2,1,3-6H3/t18-,21+,22-,23-,24?,25?,27-,28?,29?/m1/s1. The summed E-state index contributed by atoms with van der Waals surface area (Å²) in [6, 6.07) is 0. The van der Waals surface area contributed by atoms with Crippen molar-refractivity contribution >= 4 is 5.97 Å². The molecule has 0 radical (unpaired) electrons. The molecule has 5 nitrogen and oxygen atoms in total. The number of hydrogen-bond donors (Lipinski definition) is 1. The molecule has 2 aliphatic heterocycles. The van der Waals surface area contributed by atoms with E-state index in [0.29, 0.717) is 17.3 Å². The Balaban J connectivity index is 1.25. The molecule has 34 heavy (non-hydrogen) atoms. The second-order valence-corrected chi connectivity index (χ2v) is 13.3. The van der Waals surface area contributed by atoms with Crippen LogP contribution in [0.2, 0.25) is 0 Å². The first kappa shape index (κ1) is 24.8. The second-order valence-electron chi connectivity index (χ2n) is 13.3. The van der Waals surface area contributed by atoms with E-state index in [4.69, 9.17) is 14.2 Å². The van der Waals surface area contributed by atoms with Gasteiger partial charge in [0.05, 0.1) is 5.60 Å². The largest absolute Gasteiger partial charge is 0.462 e. The fourth-order valence-corrected chi connectivity index (χ4v) is 8.75. The van der Waals surface area contributed by atoms with Crippen LogP contribution in [-0.2, 0) is 19.0 Å². The molecule has 0 aromatic carbocycles. The van der Waals surface area contributed by atoms with Gasteiger partial charge in [-0.25, -0.2) is 0 Å². The number of esters is 1. The summed E-state index contributed by atoms with van der Waals surface area (Å²) < 4.78 is 18.7. The summed E-state index contributed by atoms with van der Waals surface area (Å²) in [5.41, 5.74) is 0.548. The number of hydrogen-bond acceptors (Lipinski definition) is 5. The van der Waals surface area contributed by atoms with Crippen molar-refractivity contribution < 1.29 is 24.1 Å². The van der Waals surface area contributed by atoms with Crippen molar-refractivity contribution in [2.24, 2.45) is 23.2 Å². The van der Waals surface area contributed by atoms with Gasteiger partial charge < -0.3 is 19.3 Å². The lowest BCUT2D eigenvalue weighted by atomic mass is 9.57. The van der Waals surface area contributed by atoms with Gasteiger partial charge in [-0.1, -0.05) is 33.3 Å². The molecule has 2 heterocycles. The van der Waals surface area contributed by atoms with Crippen LogP contribution in [-0.4, -0.2) is 46.2 Å². The van der Waals surface area contributed by atoms with Crippen LogP contribution in [0.3, 0.4) is 0 Å². The summed E-state index contributed by atoms with van der Waals surface area (Å²) in [5.74, 6) is 1.80. The summed E-state index contributed by atoms with van der Waals surface area (Å²) >= 11 is 0. The van der Waals surface area contributed by atoms with E-state index in [0.717, 1.165) is 50.0 Å². The maximum atomic E-state index is 11.5. The molecule has 0 aromatic rings. The zero-order chi connectivity index (χ0) is 24.5. The Morgan fingerprint density at radius 2 is 2.00 bits per heavy atom. The highest BCUT2D eigenvalue weighted by Crippen LogP contribution is 2.71. The first-order chi connectivity index (χ1) is 15.9. The Kier molecular flexibility index (Phi) is 6.06. The molecule has 192 valence electrons. The van der Waals surface area contributed by atoms with Crippen LogP contribution in [0.5, 0.6) is 0 Å². The zero-order valence-corrected chi connectivity index (χ0v) is 22.0. The summed E-state index contributed by atoms with van der Waals surface area (Å²) in [6.07, 6.45) is 12.0. The number of carbonyl (C=O) groups is 1. The van der Waals surface area contributed by atoms with Gasteiger partial charge in [0.15, 0.2) is 0 Å². The number of rotatable bonds is 7. The third kappa shape index (κ3) is 4.08. The third-order valence-electron chi connectivity index (χ3n) is 10.4. The highest BCUT2D eigenvalue weighted by Gasteiger charge is 2.78. The van der Waals surface area contributed by atoms with E-state index in [9.17, 15) is 9.90 Å². The molecule has 5 heteroatoms. The Bertz CT molecular complexity index is 831. The van der Waals surface area contributed by atoms with Crippen LogP contribution in [0.25, 0.3) is 0 Å². The lowest BCUT2D eigenvalue weighted by Crippen LogP contribution is -2.45. The van der Waals surface area contributed by atoms with Gasteiger partial charge in [-0.05, 0) is 94.0 Å². The van der Waals surface area contributed by atoms with Gasteiger partial charge >= 0.3 is 5.97 Å². The lowest BCUT2D eigenvalue weighted by molar-refractivity contribution is -0.148. The van der Waals surface area contributed by atoms with Crippen molar-refractivity contribution in [2.45, 2.75) is 140 Å². The molecule has 5 fully saturated rings. The normalized spacial score (nSPS) is 46.4. The van der Waals surface area contributed by atoms with Crippen molar-refractivity contribution in [3.63, 3.8) is 0 Å². The number of epoxide rings is 2. The van der Waals surface area contributed by atoms with Crippen LogP contribution in [0.15, 0.2) is 12.2 Å². The molecule has 0 amide bonds. The van der Waals surface area contributed by atoms with Crippen molar-refractivity contribution in [2.75, 3.05) is 0 Å². The van der Waals surface area contributed by atoms with E-state index in [1.54, 1.807) is 0 Å². The van der Waals surface area contributed by atoms with Crippen LogP contribution in [0.1, 0.15) is 105 Å². The van der Waals surface area contributed by atoms with Crippen LogP contribution < -0.4 is 0 Å². The highest BCUT2D eigenvalue weighted by atomic mass is 16.7. The average molecular weight is 475 g/mol. The molecule has 0 bridgehead atoms. The molecular weight excluding hydrogens is 428 g/mol. The van der Waals surface area contributed by atoms with Gasteiger partial charge in [0.1, 0.15) is 29.5 Å². The summed E-state index contributed by atoms with van der Waals surface area (Å²) in [4.78, 5) is 11.5. The van der Waals surface area contributed by atoms with Crippen LogP contribution >= 0.6 is 0 Å². The summed E-state index contributed by atoms with van der Waals surface area (Å²) in [7, 11) is 0. The maximum Gasteiger partial charge on any atom is 0.302 e. The molecule has 3 saturated carbocycles. The Morgan fingerprint density at radius 3 is 2.71 bits per heavy atom. The average Bonchev–Trinajstić information content (AvgIpc) is 3.57. The topological polar surface area (TPSA) is 71.6 Å². The van der Waals surface area contributed by atoms with Gasteiger partial charge in [0.2, 0.25) is 0 Å². The van der Waals surface area contributed by atoms with Crippen molar-refractivity contribution in [1.29, 1.82) is 0 Å². The fraction of sp³-hybridized carbons (Fsp3) is 0.897. The van der Waals surface area contributed by atoms with Crippen LogP contribution in [0, 0.1) is 23.2 Å². The van der Waals surface area contributed by atoms with Gasteiger partial charge in [-0.2, -0.15) is 0 Å². The Labute approximate surface area is 206 Å². The van der Waals surface area contributed by atoms with Crippen molar-refractivity contribution in [1.82, 2.24) is 0 Å². The maximum absolute atomic E-state index is 11.5. The van der Waals surface area contributed by atoms with E-state index in [-0.39, 0.29) is 35.5 Å². The van der Waals surface area contributed by atoms with E-state index >= 15 is 0 Å². The van der Waals surface area contributed by atoms with E-state index in [2.05, 4.69) is 20.4 Å². The highest BCUT2D eigenvalue weighted by molar-refractivity contribution is 5.66. The number of carbonyl (C=O) groups excluding carboxylic acids is 1. The molecule has 0 aromatic heterocycles. The number of aliphatic hydroxyl groups is 1. The quantitative estimate of drug-likeness (QED) is 0.290. The van der Waals surface area contributed by atoms with Crippen LogP contribution in [0.4, 0.5) is 0 Å². The fourth-order valence-electron chi connectivity index (χ4n) is 8.75. The number of fused-ring (bicyclic) bond motifs is 2.